The zero-order valence-corrected chi connectivity index (χ0v) is 26.1. The molecule has 0 aliphatic heterocycles. The summed E-state index contributed by atoms with van der Waals surface area (Å²) < 4.78 is 2.36. The van der Waals surface area contributed by atoms with Crippen LogP contribution in [0.2, 0.25) is 0 Å². The van der Waals surface area contributed by atoms with Crippen molar-refractivity contribution < 1.29 is 0 Å². The molecule has 0 amide bonds. The smallest absolute Gasteiger partial charge is 0.138 e. The quantitative estimate of drug-likeness (QED) is 0.199. The number of para-hydroxylation sites is 1. The molecule has 2 aliphatic rings. The van der Waals surface area contributed by atoms with Gasteiger partial charge in [-0.2, -0.15) is 0 Å². The predicted molar refractivity (Wildman–Crippen MR) is 193 cm³/mol. The van der Waals surface area contributed by atoms with E-state index in [1.807, 2.05) is 0 Å². The Morgan fingerprint density at radius 1 is 0.609 bits per heavy atom. The van der Waals surface area contributed by atoms with E-state index in [9.17, 15) is 0 Å². The Kier molecular flexibility index (Phi) is 6.01. The van der Waals surface area contributed by atoms with Gasteiger partial charge in [0.25, 0.3) is 0 Å². The topological polar surface area (TPSA) is 17.8 Å². The molecule has 5 aromatic carbocycles. The van der Waals surface area contributed by atoms with Crippen LogP contribution in [0, 0.1) is 0 Å². The third-order valence-corrected chi connectivity index (χ3v) is 10.1. The molecule has 2 heterocycles. The lowest BCUT2D eigenvalue weighted by Crippen LogP contribution is -2.14. The number of benzene rings is 5. The third-order valence-electron chi connectivity index (χ3n) is 10.1. The number of aromatic nitrogens is 2. The summed E-state index contributed by atoms with van der Waals surface area (Å²) in [7, 11) is 0. The van der Waals surface area contributed by atoms with Crippen molar-refractivity contribution in [1.82, 2.24) is 9.55 Å². The molecule has 1 unspecified atom stereocenters. The first-order valence-electron chi connectivity index (χ1n) is 16.3. The Bertz CT molecular complexity index is 2370. The highest BCUT2D eigenvalue weighted by Gasteiger charge is 2.35. The Labute approximate surface area is 270 Å². The van der Waals surface area contributed by atoms with Crippen molar-refractivity contribution in [3.8, 4) is 39.3 Å². The molecule has 0 radical (unpaired) electrons. The number of fused-ring (bicyclic) bond motifs is 6. The minimum Gasteiger partial charge on any atom is -0.294 e. The number of hydrogen-bond acceptors (Lipinski definition) is 1. The van der Waals surface area contributed by atoms with E-state index in [2.05, 4.69) is 170 Å². The van der Waals surface area contributed by atoms with E-state index in [1.54, 1.807) is 0 Å². The fourth-order valence-electron chi connectivity index (χ4n) is 7.73. The molecular weight excluding hydrogens is 556 g/mol. The van der Waals surface area contributed by atoms with Gasteiger partial charge in [-0.1, -0.05) is 129 Å². The van der Waals surface area contributed by atoms with Crippen LogP contribution in [0.4, 0.5) is 0 Å². The molecule has 0 saturated carbocycles. The van der Waals surface area contributed by atoms with E-state index >= 15 is 0 Å². The van der Waals surface area contributed by atoms with E-state index in [-0.39, 0.29) is 5.41 Å². The number of hydrogen-bond donors (Lipinski definition) is 0. The molecule has 0 spiro atoms. The highest BCUT2D eigenvalue weighted by atomic mass is 15.1. The van der Waals surface area contributed by atoms with E-state index < -0.39 is 0 Å². The van der Waals surface area contributed by atoms with Gasteiger partial charge in [0, 0.05) is 27.7 Å². The zero-order valence-electron chi connectivity index (χ0n) is 26.1. The average Bonchev–Trinajstić information content (AvgIpc) is 3.57. The van der Waals surface area contributed by atoms with Gasteiger partial charge < -0.3 is 0 Å². The maximum absolute atomic E-state index is 5.32. The third kappa shape index (κ3) is 4.14. The molecule has 2 heteroatoms. The molecular formula is C44H34N2. The van der Waals surface area contributed by atoms with Crippen molar-refractivity contribution in [2.45, 2.75) is 31.6 Å². The van der Waals surface area contributed by atoms with Gasteiger partial charge in [-0.05, 0) is 81.8 Å². The molecule has 220 valence electrons. The molecule has 2 aliphatic carbocycles. The fraction of sp³-hybridized carbons (Fsp3) is 0.114. The summed E-state index contributed by atoms with van der Waals surface area (Å²) in [6, 6.07) is 46.7. The first-order valence-corrected chi connectivity index (χ1v) is 16.3. The normalized spacial score (nSPS) is 16.2. The summed E-state index contributed by atoms with van der Waals surface area (Å²) in [4.78, 5) is 5.32. The lowest BCUT2D eigenvalue weighted by atomic mass is 9.81. The largest absolute Gasteiger partial charge is 0.294 e. The molecule has 2 aromatic heterocycles. The monoisotopic (exact) mass is 590 g/mol. The van der Waals surface area contributed by atoms with Crippen LogP contribution in [0.15, 0.2) is 152 Å². The SMILES string of the molecule is CC1(C)c2ccccc2-c2ccc(-c3ccc4c(c3)c3ccccc3n4-c3cc(C4C=CC=CC4)cc(-c4ccccc4)n3)cc21. The van der Waals surface area contributed by atoms with Gasteiger partial charge in [0.05, 0.1) is 16.7 Å². The minimum atomic E-state index is -0.0292. The molecule has 7 aromatic rings. The Hall–Kier alpha value is -5.47. The minimum absolute atomic E-state index is 0.0292. The van der Waals surface area contributed by atoms with Crippen LogP contribution in [-0.4, -0.2) is 9.55 Å². The predicted octanol–water partition coefficient (Wildman–Crippen LogP) is 11.4. The van der Waals surface area contributed by atoms with E-state index in [0.717, 1.165) is 23.5 Å². The molecule has 0 saturated heterocycles. The molecule has 2 nitrogen and oxygen atoms in total. The Morgan fingerprint density at radius 2 is 1.35 bits per heavy atom. The summed E-state index contributed by atoms with van der Waals surface area (Å²) in [5.74, 6) is 1.28. The first-order chi connectivity index (χ1) is 22.6. The number of allylic oxidation sites excluding steroid dienone is 4. The van der Waals surface area contributed by atoms with Crippen molar-refractivity contribution in [3.63, 3.8) is 0 Å². The summed E-state index contributed by atoms with van der Waals surface area (Å²) in [5.41, 5.74) is 13.7. The molecule has 1 atom stereocenters. The van der Waals surface area contributed by atoms with Crippen LogP contribution in [0.25, 0.3) is 61.1 Å². The van der Waals surface area contributed by atoms with Gasteiger partial charge in [0.1, 0.15) is 5.82 Å². The number of pyridine rings is 1. The summed E-state index contributed by atoms with van der Waals surface area (Å²) in [6.07, 6.45) is 9.86. The molecule has 0 fully saturated rings. The van der Waals surface area contributed by atoms with Crippen molar-refractivity contribution in [2.24, 2.45) is 0 Å². The van der Waals surface area contributed by atoms with Crippen molar-refractivity contribution in [3.05, 3.63) is 168 Å². The number of rotatable bonds is 4. The van der Waals surface area contributed by atoms with E-state index in [0.29, 0.717) is 5.92 Å². The van der Waals surface area contributed by atoms with E-state index in [1.165, 1.54) is 60.8 Å². The second kappa shape index (κ2) is 10.3. The zero-order chi connectivity index (χ0) is 30.8. The summed E-state index contributed by atoms with van der Waals surface area (Å²) >= 11 is 0. The highest BCUT2D eigenvalue weighted by Crippen LogP contribution is 2.49. The fourth-order valence-corrected chi connectivity index (χ4v) is 7.73. The Morgan fingerprint density at radius 3 is 2.22 bits per heavy atom. The van der Waals surface area contributed by atoms with Crippen LogP contribution >= 0.6 is 0 Å². The Balaban J connectivity index is 1.22. The molecule has 0 bridgehead atoms. The van der Waals surface area contributed by atoms with Crippen molar-refractivity contribution >= 4 is 21.8 Å². The van der Waals surface area contributed by atoms with Crippen LogP contribution in [0.1, 0.15) is 42.9 Å². The van der Waals surface area contributed by atoms with Crippen molar-refractivity contribution in [1.29, 1.82) is 0 Å². The molecule has 9 rings (SSSR count). The maximum atomic E-state index is 5.32. The molecule has 46 heavy (non-hydrogen) atoms. The van der Waals surface area contributed by atoms with Gasteiger partial charge in [0.15, 0.2) is 0 Å². The van der Waals surface area contributed by atoms with Crippen LogP contribution in [0.5, 0.6) is 0 Å². The summed E-state index contributed by atoms with van der Waals surface area (Å²) in [6.45, 7) is 4.70. The second-order valence-electron chi connectivity index (χ2n) is 13.2. The lowest BCUT2D eigenvalue weighted by Gasteiger charge is -2.22. The average molecular weight is 591 g/mol. The second-order valence-corrected chi connectivity index (χ2v) is 13.2. The van der Waals surface area contributed by atoms with Gasteiger partial charge in [0.2, 0.25) is 0 Å². The van der Waals surface area contributed by atoms with Gasteiger partial charge in [-0.3, -0.25) is 4.57 Å². The summed E-state index contributed by atoms with van der Waals surface area (Å²) in [5, 5.41) is 2.48. The lowest BCUT2D eigenvalue weighted by molar-refractivity contribution is 0.660. The highest BCUT2D eigenvalue weighted by molar-refractivity contribution is 6.10. The first kappa shape index (κ1) is 26.9. The standard InChI is InChI=1S/C44H34N2/c1-44(2)38-19-11-9-17-34(38)35-23-21-32(26-39(35)44)31-22-24-42-37(25-31)36-18-10-12-20-41(36)46(42)43-28-33(29-13-5-3-6-14-29)27-40(45-43)30-15-7-4-8-16-30/h3-13,15-29H,14H2,1-2H3. The van der Waals surface area contributed by atoms with Crippen LogP contribution in [0.3, 0.4) is 0 Å². The van der Waals surface area contributed by atoms with Gasteiger partial charge >= 0.3 is 0 Å². The van der Waals surface area contributed by atoms with Gasteiger partial charge in [-0.15, -0.1) is 0 Å². The molecule has 0 N–H and O–H groups in total. The van der Waals surface area contributed by atoms with E-state index in [4.69, 9.17) is 4.98 Å². The van der Waals surface area contributed by atoms with Crippen molar-refractivity contribution in [2.75, 3.05) is 0 Å². The van der Waals surface area contributed by atoms with Crippen LogP contribution in [-0.2, 0) is 5.41 Å². The van der Waals surface area contributed by atoms with Gasteiger partial charge in [-0.25, -0.2) is 4.98 Å². The maximum Gasteiger partial charge on any atom is 0.138 e. The number of nitrogens with zero attached hydrogens (tertiary/aromatic N) is 2. The van der Waals surface area contributed by atoms with Crippen LogP contribution < -0.4 is 0 Å².